The second kappa shape index (κ2) is 7.60. The topological polar surface area (TPSA) is 101 Å². The second-order valence-corrected chi connectivity index (χ2v) is 8.70. The van der Waals surface area contributed by atoms with Crippen molar-refractivity contribution >= 4 is 17.4 Å². The Hall–Kier alpha value is -3.91. The summed E-state index contributed by atoms with van der Waals surface area (Å²) in [6.07, 6.45) is 5.66. The van der Waals surface area contributed by atoms with Gasteiger partial charge in [0.05, 0.1) is 30.9 Å². The number of aryl methyl sites for hydroxylation is 1. The van der Waals surface area contributed by atoms with E-state index in [9.17, 15) is 20.4 Å². The summed E-state index contributed by atoms with van der Waals surface area (Å²) < 4.78 is 5.61. The van der Waals surface area contributed by atoms with E-state index in [1.165, 1.54) is 4.90 Å². The number of hydrogen-bond acceptors (Lipinski definition) is 5. The summed E-state index contributed by atoms with van der Waals surface area (Å²) in [5, 5.41) is 31.2. The number of nitriles is 2. The summed E-state index contributed by atoms with van der Waals surface area (Å²) in [7, 11) is 0. The van der Waals surface area contributed by atoms with Gasteiger partial charge in [0.1, 0.15) is 5.54 Å². The summed E-state index contributed by atoms with van der Waals surface area (Å²) >= 11 is 0. The van der Waals surface area contributed by atoms with E-state index >= 15 is 0 Å². The average molecular weight is 438 g/mol. The summed E-state index contributed by atoms with van der Waals surface area (Å²) in [5.74, 6) is -0.519. The number of allylic oxidation sites excluding steroid dienone is 3. The number of carbonyl (C=O) groups excluding carboxylic acids is 1. The lowest BCUT2D eigenvalue weighted by molar-refractivity contribution is -0.164. The van der Waals surface area contributed by atoms with Crippen molar-refractivity contribution in [2.45, 2.75) is 24.6 Å². The molecule has 3 aliphatic rings. The lowest BCUT2D eigenvalue weighted by Crippen LogP contribution is -2.74. The molecule has 0 bridgehead atoms. The van der Waals surface area contributed by atoms with Crippen LogP contribution in [0.1, 0.15) is 17.5 Å². The number of urea groups is 1. The Morgan fingerprint density at radius 1 is 1.00 bits per heavy atom. The average Bonchev–Trinajstić information content (AvgIpc) is 3.04. The Morgan fingerprint density at radius 2 is 1.64 bits per heavy atom. The minimum atomic E-state index is -1.67. The highest BCUT2D eigenvalue weighted by Gasteiger charge is 2.73. The van der Waals surface area contributed by atoms with Gasteiger partial charge in [0.15, 0.2) is 5.72 Å². The number of hydrogen-bond donors (Lipinski definition) is 1. The highest BCUT2D eigenvalue weighted by Crippen LogP contribution is 2.53. The largest absolute Gasteiger partial charge is 0.376 e. The van der Waals surface area contributed by atoms with Gasteiger partial charge in [0, 0.05) is 22.9 Å². The SMILES string of the molecule is Cc1ccc(N2C(=O)N(c3ccc(C#N)cc3)C3(COC3)C2(O)C2C=CC=C(C#N)C2)cc1. The van der Waals surface area contributed by atoms with Crippen molar-refractivity contribution in [3.63, 3.8) is 0 Å². The van der Waals surface area contributed by atoms with E-state index in [-0.39, 0.29) is 19.2 Å². The van der Waals surface area contributed by atoms with E-state index in [1.54, 1.807) is 41.3 Å². The number of anilines is 2. The Bertz CT molecular complexity index is 1250. The first kappa shape index (κ1) is 21.0. The first-order valence-corrected chi connectivity index (χ1v) is 10.7. The van der Waals surface area contributed by atoms with Crippen molar-refractivity contribution in [1.29, 1.82) is 10.5 Å². The standard InChI is InChI=1S/C26H22N4O3/c1-18-5-9-23(10-6-18)30-24(31)29(22-11-7-19(14-27)8-12-22)25(16-33-17-25)26(30,32)21-4-2-3-20(13-21)15-28/h2-12,21,32H,13,16-17H2,1H3. The maximum atomic E-state index is 14.0. The fourth-order valence-electron chi connectivity index (χ4n) is 5.03. The number of ether oxygens (including phenoxy) is 1. The molecule has 2 aromatic rings. The molecule has 1 aliphatic carbocycles. The van der Waals surface area contributed by atoms with Crippen LogP contribution in [-0.2, 0) is 4.74 Å². The van der Waals surface area contributed by atoms with E-state index in [0.717, 1.165) is 5.56 Å². The van der Waals surface area contributed by atoms with Gasteiger partial charge in [-0.2, -0.15) is 10.5 Å². The summed E-state index contributed by atoms with van der Waals surface area (Å²) in [6.45, 7) is 2.25. The molecular weight excluding hydrogens is 416 g/mol. The smallest absolute Gasteiger partial charge is 0.332 e. The van der Waals surface area contributed by atoms with Crippen LogP contribution >= 0.6 is 0 Å². The predicted molar refractivity (Wildman–Crippen MR) is 122 cm³/mol. The summed E-state index contributed by atoms with van der Waals surface area (Å²) in [5.41, 5.74) is 0.470. The first-order valence-electron chi connectivity index (χ1n) is 10.7. The Morgan fingerprint density at radius 3 is 2.21 bits per heavy atom. The van der Waals surface area contributed by atoms with Gasteiger partial charge in [-0.05, 0) is 55.8 Å². The molecule has 2 atom stereocenters. The van der Waals surface area contributed by atoms with Gasteiger partial charge in [-0.1, -0.05) is 29.8 Å². The number of amides is 2. The lowest BCUT2D eigenvalue weighted by atomic mass is 9.72. The van der Waals surface area contributed by atoms with Crippen LogP contribution < -0.4 is 9.80 Å². The number of aliphatic hydroxyl groups is 1. The molecule has 2 amide bonds. The highest BCUT2D eigenvalue weighted by molar-refractivity contribution is 6.09. The summed E-state index contributed by atoms with van der Waals surface area (Å²) in [6, 6.07) is 18.1. The molecule has 5 rings (SSSR count). The van der Waals surface area contributed by atoms with E-state index < -0.39 is 17.2 Å². The minimum absolute atomic E-state index is 0.146. The fourth-order valence-corrected chi connectivity index (χ4v) is 5.03. The van der Waals surface area contributed by atoms with Gasteiger partial charge in [-0.25, -0.2) is 4.79 Å². The third kappa shape index (κ3) is 2.91. The zero-order chi connectivity index (χ0) is 23.2. The molecule has 164 valence electrons. The molecule has 7 nitrogen and oxygen atoms in total. The molecule has 2 aromatic carbocycles. The molecule has 1 N–H and O–H groups in total. The number of rotatable bonds is 3. The normalized spacial score (nSPS) is 25.4. The zero-order valence-electron chi connectivity index (χ0n) is 18.1. The van der Waals surface area contributed by atoms with E-state index in [2.05, 4.69) is 12.1 Å². The van der Waals surface area contributed by atoms with Gasteiger partial charge in [-0.15, -0.1) is 0 Å². The molecule has 2 unspecified atom stereocenters. The number of benzene rings is 2. The van der Waals surface area contributed by atoms with Crippen LogP contribution in [0.3, 0.4) is 0 Å². The van der Waals surface area contributed by atoms with Crippen molar-refractivity contribution in [3.05, 3.63) is 83.5 Å². The Labute approximate surface area is 192 Å². The maximum absolute atomic E-state index is 14.0. The van der Waals surface area contributed by atoms with Crippen molar-refractivity contribution in [2.75, 3.05) is 23.0 Å². The quantitative estimate of drug-likeness (QED) is 0.786. The molecule has 2 heterocycles. The highest BCUT2D eigenvalue weighted by atomic mass is 16.5. The molecule has 33 heavy (non-hydrogen) atoms. The van der Waals surface area contributed by atoms with Gasteiger partial charge < -0.3 is 9.84 Å². The zero-order valence-corrected chi connectivity index (χ0v) is 18.1. The van der Waals surface area contributed by atoms with Crippen LogP contribution in [0.2, 0.25) is 0 Å². The fraction of sp³-hybridized carbons (Fsp3) is 0.269. The summed E-state index contributed by atoms with van der Waals surface area (Å²) in [4.78, 5) is 17.1. The maximum Gasteiger partial charge on any atom is 0.332 e. The first-order chi connectivity index (χ1) is 15.9. The molecule has 7 heteroatoms. The monoisotopic (exact) mass is 438 g/mol. The van der Waals surface area contributed by atoms with Gasteiger partial charge >= 0.3 is 6.03 Å². The molecule has 2 fully saturated rings. The molecular formula is C26H22N4O3. The number of nitrogens with zero attached hydrogens (tertiary/aromatic N) is 4. The van der Waals surface area contributed by atoms with Gasteiger partial charge in [0.2, 0.25) is 0 Å². The lowest BCUT2D eigenvalue weighted by Gasteiger charge is -2.54. The Balaban J connectivity index is 1.69. The molecule has 2 aliphatic heterocycles. The molecule has 2 saturated heterocycles. The molecule has 1 spiro atoms. The predicted octanol–water partition coefficient (Wildman–Crippen LogP) is 3.80. The third-order valence-electron chi connectivity index (χ3n) is 6.81. The molecule has 0 aromatic heterocycles. The van der Waals surface area contributed by atoms with Crippen molar-refractivity contribution in [3.8, 4) is 12.1 Å². The van der Waals surface area contributed by atoms with E-state index in [1.807, 2.05) is 37.3 Å². The van der Waals surface area contributed by atoms with Crippen molar-refractivity contribution in [1.82, 2.24) is 0 Å². The van der Waals surface area contributed by atoms with E-state index in [0.29, 0.717) is 28.9 Å². The van der Waals surface area contributed by atoms with Crippen LogP contribution in [0.25, 0.3) is 0 Å². The van der Waals surface area contributed by atoms with Crippen LogP contribution in [0, 0.1) is 35.5 Å². The minimum Gasteiger partial charge on any atom is -0.376 e. The van der Waals surface area contributed by atoms with Crippen LogP contribution in [0.4, 0.5) is 16.2 Å². The Kier molecular flexibility index (Phi) is 4.83. The van der Waals surface area contributed by atoms with Crippen molar-refractivity contribution < 1.29 is 14.6 Å². The molecule has 0 radical (unpaired) electrons. The van der Waals surface area contributed by atoms with Gasteiger partial charge in [-0.3, -0.25) is 9.80 Å². The molecule has 0 saturated carbocycles. The van der Waals surface area contributed by atoms with Crippen LogP contribution in [-0.4, -0.2) is 35.6 Å². The third-order valence-corrected chi connectivity index (χ3v) is 6.81. The van der Waals surface area contributed by atoms with Crippen LogP contribution in [0.15, 0.2) is 72.3 Å². The van der Waals surface area contributed by atoms with E-state index in [4.69, 9.17) is 4.74 Å². The number of carbonyl (C=O) groups is 1. The second-order valence-electron chi connectivity index (χ2n) is 8.70. The van der Waals surface area contributed by atoms with Crippen LogP contribution in [0.5, 0.6) is 0 Å². The van der Waals surface area contributed by atoms with Gasteiger partial charge in [0.25, 0.3) is 0 Å². The van der Waals surface area contributed by atoms with Crippen molar-refractivity contribution in [2.24, 2.45) is 5.92 Å².